The fourth-order valence-corrected chi connectivity index (χ4v) is 3.08. The van der Waals surface area contributed by atoms with E-state index in [0.29, 0.717) is 25.9 Å². The average Bonchev–Trinajstić information content (AvgIpc) is 3.15. The molecule has 29 heavy (non-hydrogen) atoms. The second-order valence-electron chi connectivity index (χ2n) is 6.70. The van der Waals surface area contributed by atoms with E-state index in [1.807, 2.05) is 13.2 Å². The number of rotatable bonds is 4. The molecule has 1 saturated heterocycles. The zero-order valence-electron chi connectivity index (χ0n) is 15.5. The van der Waals surface area contributed by atoms with Crippen molar-refractivity contribution in [3.8, 4) is 17.1 Å². The predicted octanol–water partition coefficient (Wildman–Crippen LogP) is 2.73. The maximum Gasteiger partial charge on any atom is 0.433 e. The van der Waals surface area contributed by atoms with Crippen LogP contribution in [-0.2, 0) is 13.2 Å². The molecule has 0 unspecified atom stereocenters. The van der Waals surface area contributed by atoms with Crippen molar-refractivity contribution in [3.63, 3.8) is 0 Å². The molecule has 152 valence electrons. The topological polar surface area (TPSA) is 81.9 Å². The van der Waals surface area contributed by atoms with Crippen LogP contribution in [0.4, 0.5) is 19.1 Å². The number of nitrogens with zero attached hydrogens (tertiary/aromatic N) is 7. The van der Waals surface area contributed by atoms with Gasteiger partial charge in [-0.2, -0.15) is 18.3 Å². The number of piperidine rings is 1. The van der Waals surface area contributed by atoms with Crippen molar-refractivity contribution in [2.24, 2.45) is 7.05 Å². The molecule has 1 aliphatic heterocycles. The minimum atomic E-state index is -4.49. The molecule has 3 aromatic heterocycles. The van der Waals surface area contributed by atoms with Gasteiger partial charge in [-0.15, -0.1) is 0 Å². The van der Waals surface area contributed by atoms with Crippen molar-refractivity contribution in [2.45, 2.75) is 25.1 Å². The summed E-state index contributed by atoms with van der Waals surface area (Å²) in [6.07, 6.45) is 4.66. The summed E-state index contributed by atoms with van der Waals surface area (Å²) >= 11 is 0. The second-order valence-corrected chi connectivity index (χ2v) is 6.70. The summed E-state index contributed by atoms with van der Waals surface area (Å²) in [7, 11) is 1.83. The molecule has 0 aliphatic carbocycles. The Balaban J connectivity index is 1.34. The lowest BCUT2D eigenvalue weighted by atomic mass is 10.1. The highest BCUT2D eigenvalue weighted by Gasteiger charge is 2.33. The zero-order valence-corrected chi connectivity index (χ0v) is 15.5. The summed E-state index contributed by atoms with van der Waals surface area (Å²) < 4.78 is 46.0. The molecular formula is C18H18F3N7O. The molecule has 0 amide bonds. The van der Waals surface area contributed by atoms with Gasteiger partial charge in [0.2, 0.25) is 5.95 Å². The van der Waals surface area contributed by atoms with Crippen molar-refractivity contribution in [1.29, 1.82) is 0 Å². The Morgan fingerprint density at radius 1 is 1.03 bits per heavy atom. The first-order valence-electron chi connectivity index (χ1n) is 9.01. The number of anilines is 1. The summed E-state index contributed by atoms with van der Waals surface area (Å²) in [5, 5.41) is 4.11. The van der Waals surface area contributed by atoms with Crippen LogP contribution in [0.5, 0.6) is 6.01 Å². The molecule has 0 saturated carbocycles. The standard InChI is InChI=1S/C18H18F3N7O/c1-27-11-13(10-25-27)12-8-23-17(24-9-12)29-14-3-6-28(7-4-14)16-22-5-2-15(26-16)18(19,20)21/h2,5,8-11,14H,3-4,6-7H2,1H3. The molecule has 8 nitrogen and oxygen atoms in total. The van der Waals surface area contributed by atoms with E-state index in [1.165, 1.54) is 0 Å². The molecule has 1 aliphatic rings. The molecule has 0 atom stereocenters. The largest absolute Gasteiger partial charge is 0.460 e. The fourth-order valence-electron chi connectivity index (χ4n) is 3.08. The van der Waals surface area contributed by atoms with Crippen molar-refractivity contribution in [1.82, 2.24) is 29.7 Å². The van der Waals surface area contributed by atoms with E-state index in [0.717, 1.165) is 23.4 Å². The normalized spacial score (nSPS) is 15.5. The zero-order chi connectivity index (χ0) is 20.4. The van der Waals surface area contributed by atoms with Gasteiger partial charge in [0.25, 0.3) is 0 Å². The molecule has 1 fully saturated rings. The van der Waals surface area contributed by atoms with Crippen LogP contribution >= 0.6 is 0 Å². The Bertz CT molecular complexity index is 966. The van der Waals surface area contributed by atoms with Crippen LogP contribution in [0.25, 0.3) is 11.1 Å². The molecule has 4 heterocycles. The highest BCUT2D eigenvalue weighted by molar-refractivity contribution is 5.59. The Labute approximate surface area is 164 Å². The number of aryl methyl sites for hydroxylation is 1. The minimum absolute atomic E-state index is 0.0790. The second kappa shape index (κ2) is 7.64. The van der Waals surface area contributed by atoms with Crippen LogP contribution in [0, 0.1) is 0 Å². The van der Waals surface area contributed by atoms with Crippen molar-refractivity contribution < 1.29 is 17.9 Å². The van der Waals surface area contributed by atoms with Crippen molar-refractivity contribution in [2.75, 3.05) is 18.0 Å². The highest BCUT2D eigenvalue weighted by Crippen LogP contribution is 2.29. The first-order valence-corrected chi connectivity index (χ1v) is 9.01. The van der Waals surface area contributed by atoms with Gasteiger partial charge in [0, 0.05) is 68.9 Å². The van der Waals surface area contributed by atoms with Gasteiger partial charge in [-0.25, -0.2) is 19.9 Å². The molecule has 0 N–H and O–H groups in total. The fraction of sp³-hybridized carbons (Fsp3) is 0.389. The Morgan fingerprint density at radius 2 is 1.76 bits per heavy atom. The summed E-state index contributed by atoms with van der Waals surface area (Å²) in [5.74, 6) is 0.0790. The van der Waals surface area contributed by atoms with Crippen LogP contribution in [0.3, 0.4) is 0 Å². The van der Waals surface area contributed by atoms with E-state index in [2.05, 4.69) is 25.0 Å². The van der Waals surface area contributed by atoms with Gasteiger partial charge in [0.15, 0.2) is 0 Å². The van der Waals surface area contributed by atoms with Gasteiger partial charge in [-0.1, -0.05) is 0 Å². The van der Waals surface area contributed by atoms with Gasteiger partial charge in [-0.05, 0) is 6.07 Å². The molecule has 3 aromatic rings. The molecule has 0 radical (unpaired) electrons. The molecule has 0 spiro atoms. The summed E-state index contributed by atoms with van der Waals surface area (Å²) in [6, 6.07) is 1.14. The van der Waals surface area contributed by atoms with Crippen molar-refractivity contribution in [3.05, 3.63) is 42.7 Å². The first kappa shape index (κ1) is 19.1. The van der Waals surface area contributed by atoms with E-state index >= 15 is 0 Å². The van der Waals surface area contributed by atoms with Gasteiger partial charge in [0.1, 0.15) is 11.8 Å². The van der Waals surface area contributed by atoms with E-state index < -0.39 is 11.9 Å². The van der Waals surface area contributed by atoms with Crippen LogP contribution in [0.1, 0.15) is 18.5 Å². The lowest BCUT2D eigenvalue weighted by molar-refractivity contribution is -0.141. The number of hydrogen-bond donors (Lipinski definition) is 0. The third-order valence-electron chi connectivity index (χ3n) is 4.60. The highest BCUT2D eigenvalue weighted by atomic mass is 19.4. The smallest absolute Gasteiger partial charge is 0.433 e. The summed E-state index contributed by atoms with van der Waals surface area (Å²) in [5.41, 5.74) is 0.804. The molecule has 4 rings (SSSR count). The molecule has 11 heteroatoms. The van der Waals surface area contributed by atoms with Gasteiger partial charge >= 0.3 is 12.2 Å². The number of alkyl halides is 3. The van der Waals surface area contributed by atoms with E-state index in [1.54, 1.807) is 28.2 Å². The Kier molecular flexibility index (Phi) is 5.03. The van der Waals surface area contributed by atoms with Crippen molar-refractivity contribution >= 4 is 5.95 Å². The lowest BCUT2D eigenvalue weighted by Gasteiger charge is -2.31. The Morgan fingerprint density at radius 3 is 2.38 bits per heavy atom. The maximum absolute atomic E-state index is 12.8. The van der Waals surface area contributed by atoms with Gasteiger partial charge in [0.05, 0.1) is 6.20 Å². The quantitative estimate of drug-likeness (QED) is 0.660. The summed E-state index contributed by atoms with van der Waals surface area (Å²) in [6.45, 7) is 0.972. The maximum atomic E-state index is 12.8. The van der Waals surface area contributed by atoms with E-state index in [9.17, 15) is 13.2 Å². The molecule has 0 bridgehead atoms. The van der Waals surface area contributed by atoms with E-state index in [-0.39, 0.29) is 18.1 Å². The number of aromatic nitrogens is 6. The number of hydrogen-bond acceptors (Lipinski definition) is 7. The summed E-state index contributed by atoms with van der Waals surface area (Å²) in [4.78, 5) is 17.8. The lowest BCUT2D eigenvalue weighted by Crippen LogP contribution is -2.39. The predicted molar refractivity (Wildman–Crippen MR) is 97.1 cm³/mol. The van der Waals surface area contributed by atoms with Crippen LogP contribution in [-0.4, -0.2) is 48.9 Å². The van der Waals surface area contributed by atoms with Gasteiger partial charge < -0.3 is 9.64 Å². The average molecular weight is 405 g/mol. The Hall–Kier alpha value is -3.24. The van der Waals surface area contributed by atoms with Crippen LogP contribution in [0.2, 0.25) is 0 Å². The SMILES string of the molecule is Cn1cc(-c2cnc(OC3CCN(c4nccc(C(F)(F)F)n4)CC3)nc2)cn1. The first-order chi connectivity index (χ1) is 13.9. The molecular weight excluding hydrogens is 387 g/mol. The monoisotopic (exact) mass is 405 g/mol. The third kappa shape index (κ3) is 4.44. The minimum Gasteiger partial charge on any atom is -0.460 e. The van der Waals surface area contributed by atoms with Crippen LogP contribution < -0.4 is 9.64 Å². The van der Waals surface area contributed by atoms with Crippen LogP contribution in [0.15, 0.2) is 37.1 Å². The third-order valence-corrected chi connectivity index (χ3v) is 4.60. The van der Waals surface area contributed by atoms with E-state index in [4.69, 9.17) is 4.74 Å². The number of ether oxygens (including phenoxy) is 1. The molecule has 0 aromatic carbocycles. The van der Waals surface area contributed by atoms with Gasteiger partial charge in [-0.3, -0.25) is 4.68 Å². The number of halogens is 3.